The van der Waals surface area contributed by atoms with Gasteiger partial charge in [-0.3, -0.25) is 0 Å². The number of aliphatic carboxylic acids is 1. The summed E-state index contributed by atoms with van der Waals surface area (Å²) in [7, 11) is 2.01. The van der Waals surface area contributed by atoms with Crippen molar-refractivity contribution in [3.63, 3.8) is 0 Å². The molecule has 0 spiro atoms. The van der Waals surface area contributed by atoms with Gasteiger partial charge in [-0.2, -0.15) is 0 Å². The van der Waals surface area contributed by atoms with Crippen LogP contribution in [0, 0.1) is 0 Å². The predicted molar refractivity (Wildman–Crippen MR) is 72.0 cm³/mol. The van der Waals surface area contributed by atoms with Crippen molar-refractivity contribution in [2.75, 3.05) is 26.7 Å². The van der Waals surface area contributed by atoms with Crippen molar-refractivity contribution in [2.45, 2.75) is 38.8 Å². The number of amides is 2. The molecule has 0 aliphatic rings. The lowest BCUT2D eigenvalue weighted by atomic mass is 10.2. The number of nitrogens with zero attached hydrogens (tertiary/aromatic N) is 1. The van der Waals surface area contributed by atoms with E-state index in [4.69, 9.17) is 10.2 Å². The average Bonchev–Trinajstić information content (AvgIpc) is 2.33. The summed E-state index contributed by atoms with van der Waals surface area (Å²) in [4.78, 5) is 24.3. The number of hydrogen-bond acceptors (Lipinski definition) is 4. The lowest BCUT2D eigenvalue weighted by Gasteiger charge is -2.21. The van der Waals surface area contributed by atoms with Gasteiger partial charge in [0.2, 0.25) is 0 Å². The fraction of sp³-hybridized carbons (Fsp3) is 0.833. The van der Waals surface area contributed by atoms with Crippen molar-refractivity contribution < 1.29 is 19.8 Å². The summed E-state index contributed by atoms with van der Waals surface area (Å²) in [5.41, 5.74) is 0. The molecular weight excluding hydrogens is 250 g/mol. The van der Waals surface area contributed by atoms with E-state index in [1.54, 1.807) is 0 Å². The van der Waals surface area contributed by atoms with Gasteiger partial charge >= 0.3 is 12.0 Å². The molecule has 0 aromatic carbocycles. The second-order valence-electron chi connectivity index (χ2n) is 4.73. The molecule has 7 heteroatoms. The molecule has 0 aromatic heterocycles. The van der Waals surface area contributed by atoms with E-state index in [0.717, 1.165) is 13.0 Å². The van der Waals surface area contributed by atoms with Gasteiger partial charge in [-0.1, -0.05) is 0 Å². The third-order valence-electron chi connectivity index (χ3n) is 2.88. The minimum Gasteiger partial charge on any atom is -0.480 e. The number of carbonyl (C=O) groups excluding carboxylic acids is 1. The minimum atomic E-state index is -1.15. The maximum Gasteiger partial charge on any atom is 0.326 e. The van der Waals surface area contributed by atoms with Gasteiger partial charge in [0, 0.05) is 25.6 Å². The number of aliphatic hydroxyl groups excluding tert-OH is 1. The van der Waals surface area contributed by atoms with Crippen LogP contribution in [-0.2, 0) is 4.79 Å². The van der Waals surface area contributed by atoms with E-state index in [0.29, 0.717) is 12.6 Å². The van der Waals surface area contributed by atoms with Crippen molar-refractivity contribution in [1.29, 1.82) is 0 Å². The number of carbonyl (C=O) groups is 2. The molecule has 7 nitrogen and oxygen atoms in total. The van der Waals surface area contributed by atoms with Crippen LogP contribution in [0.15, 0.2) is 0 Å². The molecular formula is C12H25N3O4. The Hall–Kier alpha value is -1.34. The molecule has 4 N–H and O–H groups in total. The summed E-state index contributed by atoms with van der Waals surface area (Å²) in [5.74, 6) is -1.15. The Morgan fingerprint density at radius 3 is 2.42 bits per heavy atom. The number of urea groups is 1. The van der Waals surface area contributed by atoms with Gasteiger partial charge in [0.15, 0.2) is 0 Å². The van der Waals surface area contributed by atoms with Crippen LogP contribution in [0.25, 0.3) is 0 Å². The van der Waals surface area contributed by atoms with Crippen LogP contribution in [-0.4, -0.2) is 65.9 Å². The molecule has 0 aliphatic heterocycles. The zero-order chi connectivity index (χ0) is 14.8. The molecule has 0 bridgehead atoms. The van der Waals surface area contributed by atoms with E-state index in [1.807, 2.05) is 7.05 Å². The van der Waals surface area contributed by atoms with Crippen LogP contribution in [0.1, 0.15) is 26.7 Å². The molecule has 0 heterocycles. The summed E-state index contributed by atoms with van der Waals surface area (Å²) in [6.07, 6.45) is 0.790. The molecule has 0 radical (unpaired) electrons. The smallest absolute Gasteiger partial charge is 0.326 e. The lowest BCUT2D eigenvalue weighted by molar-refractivity contribution is -0.139. The molecule has 0 aromatic rings. The van der Waals surface area contributed by atoms with Gasteiger partial charge in [-0.25, -0.2) is 9.59 Å². The molecule has 0 fully saturated rings. The minimum absolute atomic E-state index is 0.00115. The molecule has 19 heavy (non-hydrogen) atoms. The fourth-order valence-corrected chi connectivity index (χ4v) is 1.38. The largest absolute Gasteiger partial charge is 0.480 e. The molecule has 0 saturated heterocycles. The van der Waals surface area contributed by atoms with Gasteiger partial charge in [-0.05, 0) is 33.9 Å². The van der Waals surface area contributed by atoms with Gasteiger partial charge in [0.05, 0.1) is 0 Å². The van der Waals surface area contributed by atoms with Crippen LogP contribution in [0.2, 0.25) is 0 Å². The quantitative estimate of drug-likeness (QED) is 0.438. The fourth-order valence-electron chi connectivity index (χ4n) is 1.38. The van der Waals surface area contributed by atoms with E-state index < -0.39 is 18.0 Å². The Morgan fingerprint density at radius 1 is 1.32 bits per heavy atom. The first-order chi connectivity index (χ1) is 8.88. The third kappa shape index (κ3) is 8.39. The molecule has 0 unspecified atom stereocenters. The molecule has 0 aliphatic carbocycles. The zero-order valence-corrected chi connectivity index (χ0v) is 11.8. The Bertz CT molecular complexity index is 284. The van der Waals surface area contributed by atoms with Gasteiger partial charge in [-0.15, -0.1) is 0 Å². The Morgan fingerprint density at radius 2 is 1.95 bits per heavy atom. The number of nitrogens with one attached hydrogen (secondary N) is 2. The topological polar surface area (TPSA) is 102 Å². The van der Waals surface area contributed by atoms with Crippen LogP contribution >= 0.6 is 0 Å². The van der Waals surface area contributed by atoms with Crippen LogP contribution < -0.4 is 10.6 Å². The van der Waals surface area contributed by atoms with Crippen LogP contribution in [0.3, 0.4) is 0 Å². The normalized spacial score (nSPS) is 12.5. The summed E-state index contributed by atoms with van der Waals surface area (Å²) in [6.45, 7) is 5.24. The first-order valence-corrected chi connectivity index (χ1v) is 6.46. The zero-order valence-electron chi connectivity index (χ0n) is 11.8. The van der Waals surface area contributed by atoms with E-state index in [9.17, 15) is 9.59 Å². The summed E-state index contributed by atoms with van der Waals surface area (Å²) in [6, 6.07) is -1.12. The maximum atomic E-state index is 11.4. The van der Waals surface area contributed by atoms with Crippen molar-refractivity contribution in [2.24, 2.45) is 0 Å². The highest BCUT2D eigenvalue weighted by Gasteiger charge is 2.18. The summed E-state index contributed by atoms with van der Waals surface area (Å²) < 4.78 is 0. The second-order valence-corrected chi connectivity index (χ2v) is 4.73. The van der Waals surface area contributed by atoms with Gasteiger partial charge in [0.1, 0.15) is 6.04 Å². The van der Waals surface area contributed by atoms with Crippen molar-refractivity contribution in [1.82, 2.24) is 15.5 Å². The van der Waals surface area contributed by atoms with Crippen molar-refractivity contribution in [3.8, 4) is 0 Å². The third-order valence-corrected chi connectivity index (χ3v) is 2.88. The highest BCUT2D eigenvalue weighted by molar-refractivity contribution is 5.82. The molecule has 1 atom stereocenters. The first kappa shape index (κ1) is 17.7. The molecule has 0 rings (SSSR count). The highest BCUT2D eigenvalue weighted by Crippen LogP contribution is 1.94. The van der Waals surface area contributed by atoms with Crippen LogP contribution in [0.4, 0.5) is 4.79 Å². The second kappa shape index (κ2) is 9.57. The SMILES string of the molecule is CC(C)N(C)CCCNC(=O)N[C@H](CCO)C(=O)O. The van der Waals surface area contributed by atoms with E-state index in [1.165, 1.54) is 0 Å². The average molecular weight is 275 g/mol. The number of aliphatic hydroxyl groups is 1. The number of carboxylic acid groups (broad SMARTS) is 1. The number of hydrogen-bond donors (Lipinski definition) is 4. The highest BCUT2D eigenvalue weighted by atomic mass is 16.4. The summed E-state index contributed by atoms with van der Waals surface area (Å²) >= 11 is 0. The Kier molecular flexibility index (Phi) is 8.90. The standard InChI is InChI=1S/C12H25N3O4/c1-9(2)15(3)7-4-6-13-12(19)14-10(5-8-16)11(17)18/h9-10,16H,4-8H2,1-3H3,(H,17,18)(H2,13,14,19)/t10-/m1/s1. The van der Waals surface area contributed by atoms with E-state index in [2.05, 4.69) is 29.4 Å². The first-order valence-electron chi connectivity index (χ1n) is 6.46. The van der Waals surface area contributed by atoms with Crippen molar-refractivity contribution >= 4 is 12.0 Å². The maximum absolute atomic E-state index is 11.4. The molecule has 0 saturated carbocycles. The Balaban J connectivity index is 3.83. The van der Waals surface area contributed by atoms with E-state index in [-0.39, 0.29) is 13.0 Å². The molecule has 2 amide bonds. The number of carboxylic acids is 1. The lowest BCUT2D eigenvalue weighted by Crippen LogP contribution is -2.46. The van der Waals surface area contributed by atoms with Gasteiger partial charge < -0.3 is 25.7 Å². The van der Waals surface area contributed by atoms with Crippen LogP contribution in [0.5, 0.6) is 0 Å². The monoisotopic (exact) mass is 275 g/mol. The molecule has 112 valence electrons. The Labute approximate surface area is 114 Å². The van der Waals surface area contributed by atoms with Gasteiger partial charge in [0.25, 0.3) is 0 Å². The van der Waals surface area contributed by atoms with Crippen molar-refractivity contribution in [3.05, 3.63) is 0 Å². The van der Waals surface area contributed by atoms with E-state index >= 15 is 0 Å². The predicted octanol–water partition coefficient (Wildman–Crippen LogP) is -0.148. The number of rotatable bonds is 9. The summed E-state index contributed by atoms with van der Waals surface area (Å²) in [5, 5.41) is 22.4.